The monoisotopic (exact) mass is 460 g/mol. The average Bonchev–Trinajstić information content (AvgIpc) is 2.85. The minimum Gasteiger partial charge on any atom is -0.482 e. The summed E-state index contributed by atoms with van der Waals surface area (Å²) >= 11 is 5.68. The van der Waals surface area contributed by atoms with E-state index in [1.54, 1.807) is 6.92 Å². The lowest BCUT2D eigenvalue weighted by atomic mass is 9.79. The van der Waals surface area contributed by atoms with Crippen molar-refractivity contribution in [1.29, 1.82) is 0 Å². The minimum atomic E-state index is -4.94. The second kappa shape index (κ2) is 8.18. The van der Waals surface area contributed by atoms with E-state index in [0.29, 0.717) is 11.0 Å². The van der Waals surface area contributed by atoms with Gasteiger partial charge >= 0.3 is 13.5 Å². The van der Waals surface area contributed by atoms with Crippen LogP contribution in [0.5, 0.6) is 11.5 Å². The Labute approximate surface area is 183 Å². The van der Waals surface area contributed by atoms with Crippen molar-refractivity contribution in [1.82, 2.24) is 0 Å². The molecule has 0 bridgehead atoms. The molecule has 10 heteroatoms. The van der Waals surface area contributed by atoms with Gasteiger partial charge in [0.1, 0.15) is 11.9 Å². The Morgan fingerprint density at radius 2 is 1.58 bits per heavy atom. The zero-order valence-electron chi connectivity index (χ0n) is 17.6. The normalized spacial score (nSPS) is 18.7. The number of rotatable bonds is 5. The molecule has 31 heavy (non-hydrogen) atoms. The Morgan fingerprint density at radius 3 is 2.13 bits per heavy atom. The smallest absolute Gasteiger partial charge is 0.482 e. The van der Waals surface area contributed by atoms with Crippen molar-refractivity contribution in [3.63, 3.8) is 0 Å². The highest BCUT2D eigenvalue weighted by Crippen LogP contribution is 2.39. The summed E-state index contributed by atoms with van der Waals surface area (Å²) in [6.45, 7) is 8.92. The van der Waals surface area contributed by atoms with E-state index in [0.717, 1.165) is 6.07 Å². The van der Waals surface area contributed by atoms with E-state index in [-0.39, 0.29) is 10.8 Å². The summed E-state index contributed by atoms with van der Waals surface area (Å²) < 4.78 is 74.5. The van der Waals surface area contributed by atoms with Crippen molar-refractivity contribution in [2.75, 3.05) is 0 Å². The van der Waals surface area contributed by atoms with Gasteiger partial charge in [0.25, 0.3) is 0 Å². The van der Waals surface area contributed by atoms with E-state index in [1.807, 2.05) is 27.7 Å². The maximum atomic E-state index is 13.7. The molecule has 0 amide bonds. The molecule has 0 saturated carbocycles. The lowest BCUT2D eigenvalue weighted by molar-refractivity contribution is -0.275. The lowest BCUT2D eigenvalue weighted by Gasteiger charge is -2.32. The zero-order chi connectivity index (χ0) is 23.2. The van der Waals surface area contributed by atoms with Crippen molar-refractivity contribution < 1.29 is 36.3 Å². The topological polar surface area (TPSA) is 36.9 Å². The Morgan fingerprint density at radius 1 is 0.968 bits per heavy atom. The van der Waals surface area contributed by atoms with Crippen LogP contribution >= 0.6 is 11.6 Å². The first-order valence-electron chi connectivity index (χ1n) is 9.55. The second-order valence-electron chi connectivity index (χ2n) is 8.28. The third-order valence-electron chi connectivity index (χ3n) is 5.44. The number of hydrogen-bond donors (Lipinski definition) is 0. The van der Waals surface area contributed by atoms with Gasteiger partial charge < -0.3 is 18.8 Å². The molecule has 168 valence electrons. The van der Waals surface area contributed by atoms with Gasteiger partial charge in [-0.2, -0.15) is 0 Å². The summed E-state index contributed by atoms with van der Waals surface area (Å²) in [7, 11) is -0.877. The third kappa shape index (κ3) is 5.27. The first-order chi connectivity index (χ1) is 14.2. The Bertz CT molecular complexity index is 949. The predicted octanol–water partition coefficient (Wildman–Crippen LogP) is 5.82. The molecule has 2 aromatic rings. The van der Waals surface area contributed by atoms with Crippen molar-refractivity contribution in [2.45, 2.75) is 58.3 Å². The molecule has 1 saturated heterocycles. The summed E-state index contributed by atoms with van der Waals surface area (Å²) in [5, 5.41) is -0.0659. The maximum Gasteiger partial charge on any atom is 0.573 e. The molecule has 2 aromatic carbocycles. The molecule has 1 aliphatic rings. The van der Waals surface area contributed by atoms with Crippen molar-refractivity contribution in [2.24, 2.45) is 0 Å². The van der Waals surface area contributed by atoms with Gasteiger partial charge in [-0.3, -0.25) is 0 Å². The highest BCUT2D eigenvalue weighted by Gasteiger charge is 2.52. The van der Waals surface area contributed by atoms with Gasteiger partial charge in [0.05, 0.1) is 16.2 Å². The third-order valence-corrected chi connectivity index (χ3v) is 5.74. The average molecular weight is 461 g/mol. The summed E-state index contributed by atoms with van der Waals surface area (Å²) in [4.78, 5) is 0. The quantitative estimate of drug-likeness (QED) is 0.416. The van der Waals surface area contributed by atoms with Gasteiger partial charge in [-0.1, -0.05) is 23.7 Å². The van der Waals surface area contributed by atoms with Crippen LogP contribution in [0.4, 0.5) is 17.6 Å². The number of hydrogen-bond acceptors (Lipinski definition) is 4. The fraction of sp³-hybridized carbons (Fsp3) is 0.429. The van der Waals surface area contributed by atoms with E-state index in [1.165, 1.54) is 30.3 Å². The summed E-state index contributed by atoms with van der Waals surface area (Å²) in [5.41, 5.74) is -0.582. The van der Waals surface area contributed by atoms with Crippen LogP contribution in [0.2, 0.25) is 5.02 Å². The Hall–Kier alpha value is -1.97. The SMILES string of the molecule is CC(Oc1ccc(B2OC(C)(C)C(C)(C)O2)cc1OC(F)(F)F)c1ccc(Cl)c(F)c1. The van der Waals surface area contributed by atoms with Crippen LogP contribution in [-0.2, 0) is 9.31 Å². The van der Waals surface area contributed by atoms with Gasteiger partial charge in [0.2, 0.25) is 0 Å². The van der Waals surface area contributed by atoms with Crippen LogP contribution in [0.3, 0.4) is 0 Å². The molecule has 0 N–H and O–H groups in total. The fourth-order valence-corrected chi connectivity index (χ4v) is 3.09. The number of halogens is 5. The van der Waals surface area contributed by atoms with E-state index in [2.05, 4.69) is 4.74 Å². The molecule has 0 spiro atoms. The van der Waals surface area contributed by atoms with Crippen LogP contribution in [0.25, 0.3) is 0 Å². The molecule has 0 aliphatic carbocycles. The molecule has 3 rings (SSSR count). The van der Waals surface area contributed by atoms with Gasteiger partial charge in [-0.25, -0.2) is 4.39 Å². The van der Waals surface area contributed by atoms with Crippen LogP contribution in [0.15, 0.2) is 36.4 Å². The van der Waals surface area contributed by atoms with Crippen molar-refractivity contribution >= 4 is 24.2 Å². The fourth-order valence-electron chi connectivity index (χ4n) is 2.98. The number of benzene rings is 2. The first kappa shape index (κ1) is 23.7. The van der Waals surface area contributed by atoms with Crippen LogP contribution in [0, 0.1) is 5.82 Å². The Balaban J connectivity index is 1.90. The molecule has 0 aromatic heterocycles. The molecule has 0 radical (unpaired) electrons. The molecule has 1 fully saturated rings. The van der Waals surface area contributed by atoms with Gasteiger partial charge in [-0.05, 0) is 69.9 Å². The largest absolute Gasteiger partial charge is 0.573 e. The number of ether oxygens (including phenoxy) is 2. The van der Waals surface area contributed by atoms with Crippen LogP contribution < -0.4 is 14.9 Å². The summed E-state index contributed by atoms with van der Waals surface area (Å²) in [5.74, 6) is -1.38. The molecular formula is C21H22BClF4O4. The molecule has 4 nitrogen and oxygen atoms in total. The predicted molar refractivity (Wildman–Crippen MR) is 109 cm³/mol. The standard InChI is InChI=1S/C21H22BClF4O4/c1-12(13-6-8-15(23)16(24)10-13)28-17-9-7-14(11-18(17)29-21(25,26)27)22-30-19(2,3)20(4,5)31-22/h6-12H,1-5H3. The minimum absolute atomic E-state index is 0.0659. The van der Waals surface area contributed by atoms with E-state index >= 15 is 0 Å². The molecule has 1 unspecified atom stereocenters. The summed E-state index contributed by atoms with van der Waals surface area (Å²) in [6.07, 6.45) is -5.72. The van der Waals surface area contributed by atoms with Gasteiger partial charge in [0, 0.05) is 0 Å². The first-order valence-corrected chi connectivity index (χ1v) is 9.93. The number of alkyl halides is 3. The highest BCUT2D eigenvalue weighted by atomic mass is 35.5. The molecular weight excluding hydrogens is 438 g/mol. The summed E-state index contributed by atoms with van der Waals surface area (Å²) in [6, 6.07) is 8.08. The van der Waals surface area contributed by atoms with Gasteiger partial charge in [0.15, 0.2) is 11.5 Å². The maximum absolute atomic E-state index is 13.7. The van der Waals surface area contributed by atoms with E-state index in [4.69, 9.17) is 25.6 Å². The van der Waals surface area contributed by atoms with Gasteiger partial charge in [-0.15, -0.1) is 13.2 Å². The molecule has 1 aliphatic heterocycles. The molecule has 1 atom stereocenters. The zero-order valence-corrected chi connectivity index (χ0v) is 18.4. The van der Waals surface area contributed by atoms with Crippen LogP contribution in [0.1, 0.15) is 46.3 Å². The lowest BCUT2D eigenvalue weighted by Crippen LogP contribution is -2.41. The Kier molecular flexibility index (Phi) is 6.26. The van der Waals surface area contributed by atoms with E-state index < -0.39 is 42.4 Å². The molecule has 1 heterocycles. The van der Waals surface area contributed by atoms with Crippen molar-refractivity contribution in [3.8, 4) is 11.5 Å². The van der Waals surface area contributed by atoms with Crippen LogP contribution in [-0.4, -0.2) is 24.7 Å². The second-order valence-corrected chi connectivity index (χ2v) is 8.68. The highest BCUT2D eigenvalue weighted by molar-refractivity contribution is 6.62. The van der Waals surface area contributed by atoms with Crippen molar-refractivity contribution in [3.05, 3.63) is 52.8 Å². The van der Waals surface area contributed by atoms with E-state index in [9.17, 15) is 17.6 Å².